The molecular weight excluding hydrogens is 561 g/mol. The first-order valence-electron chi connectivity index (χ1n) is 13.4. The van der Waals surface area contributed by atoms with Crippen molar-refractivity contribution in [2.24, 2.45) is 0 Å². The Kier molecular flexibility index (Phi) is 7.45. The van der Waals surface area contributed by atoms with Gasteiger partial charge in [0.05, 0.1) is 11.5 Å². The number of aromatic nitrogens is 3. The van der Waals surface area contributed by atoms with Crippen LogP contribution >= 0.6 is 11.3 Å². The minimum absolute atomic E-state index is 0.0664. The van der Waals surface area contributed by atoms with Crippen LogP contribution in [0.2, 0.25) is 0 Å². The van der Waals surface area contributed by atoms with Gasteiger partial charge in [-0.1, -0.05) is 18.2 Å². The maximum Gasteiger partial charge on any atom is 0.434 e. The highest BCUT2D eigenvalue weighted by atomic mass is 32.2. The monoisotopic (exact) mass is 590 g/mol. The van der Waals surface area contributed by atoms with Gasteiger partial charge in [-0.2, -0.15) is 13.2 Å². The third-order valence-electron chi connectivity index (χ3n) is 7.90. The molecule has 0 N–H and O–H groups in total. The highest BCUT2D eigenvalue weighted by Crippen LogP contribution is 2.40. The van der Waals surface area contributed by atoms with Crippen molar-refractivity contribution in [2.75, 3.05) is 26.3 Å². The zero-order valence-electron chi connectivity index (χ0n) is 21.7. The zero-order chi connectivity index (χ0) is 27.9. The van der Waals surface area contributed by atoms with E-state index in [0.717, 1.165) is 84.7 Å². The van der Waals surface area contributed by atoms with Gasteiger partial charge in [-0.3, -0.25) is 4.90 Å². The fraction of sp³-hybridized carbons (Fsp3) is 0.429. The molecule has 1 aromatic carbocycles. The number of benzene rings is 1. The lowest BCUT2D eigenvalue weighted by molar-refractivity contribution is -0.140. The van der Waals surface area contributed by atoms with Gasteiger partial charge in [0.1, 0.15) is 5.01 Å². The molecule has 7 nitrogen and oxygen atoms in total. The van der Waals surface area contributed by atoms with Gasteiger partial charge in [0, 0.05) is 54.5 Å². The number of nitrogens with zero attached hydrogens (tertiary/aromatic N) is 4. The SMILES string of the molecule is O=S(=O)(c1ccccc1)n1cc(-c2nc(C(F)(F)F)cs2)c2cc([C@H]3CC[C@H](N4CCCOCC4)CC3)cnc21. The van der Waals surface area contributed by atoms with Crippen LogP contribution in [0.25, 0.3) is 21.6 Å². The fourth-order valence-electron chi connectivity index (χ4n) is 5.81. The first-order chi connectivity index (χ1) is 19.2. The van der Waals surface area contributed by atoms with E-state index >= 15 is 0 Å². The Labute approximate surface area is 234 Å². The molecule has 0 unspecified atom stereocenters. The molecule has 212 valence electrons. The van der Waals surface area contributed by atoms with Crippen molar-refractivity contribution in [1.82, 2.24) is 18.8 Å². The van der Waals surface area contributed by atoms with Crippen molar-refractivity contribution in [3.63, 3.8) is 0 Å². The van der Waals surface area contributed by atoms with Gasteiger partial charge in [-0.25, -0.2) is 22.4 Å². The van der Waals surface area contributed by atoms with E-state index in [1.807, 2.05) is 6.07 Å². The Morgan fingerprint density at radius 2 is 1.80 bits per heavy atom. The van der Waals surface area contributed by atoms with Crippen molar-refractivity contribution < 1.29 is 26.3 Å². The standard InChI is InChI=1S/C28H29F3N4O3S2/c29-28(30,31)25-18-39-27(33-25)24-17-35(40(36,37)22-5-2-1-3-6-22)26-23(24)15-20(16-32-26)19-7-9-21(10-8-19)34-11-4-13-38-14-12-34/h1-3,5-6,15-19,21H,4,7-14H2/t19-,21-. The molecule has 12 heteroatoms. The number of hydrogen-bond donors (Lipinski definition) is 0. The zero-order valence-corrected chi connectivity index (χ0v) is 23.3. The van der Waals surface area contributed by atoms with E-state index < -0.39 is 21.9 Å². The quantitative estimate of drug-likeness (QED) is 0.277. The van der Waals surface area contributed by atoms with Crippen LogP contribution in [0.4, 0.5) is 13.2 Å². The Morgan fingerprint density at radius 3 is 2.52 bits per heavy atom. The van der Waals surface area contributed by atoms with Gasteiger partial charge in [0.2, 0.25) is 0 Å². The van der Waals surface area contributed by atoms with Crippen molar-refractivity contribution in [3.8, 4) is 10.6 Å². The molecule has 3 aromatic heterocycles. The van der Waals surface area contributed by atoms with Crippen LogP contribution in [0.3, 0.4) is 0 Å². The van der Waals surface area contributed by atoms with Gasteiger partial charge < -0.3 is 4.74 Å². The summed E-state index contributed by atoms with van der Waals surface area (Å²) >= 11 is 0.841. The molecule has 6 rings (SSSR count). The van der Waals surface area contributed by atoms with Crippen LogP contribution in [0.1, 0.15) is 49.3 Å². The number of ether oxygens (including phenoxy) is 1. The molecule has 0 amide bonds. The normalized spacial score (nSPS) is 21.5. The summed E-state index contributed by atoms with van der Waals surface area (Å²) in [5, 5.41) is 1.54. The second-order valence-electron chi connectivity index (χ2n) is 10.3. The van der Waals surface area contributed by atoms with E-state index in [0.29, 0.717) is 17.0 Å². The average molecular weight is 591 g/mol. The second-order valence-corrected chi connectivity index (χ2v) is 13.0. The average Bonchev–Trinajstić information content (AvgIpc) is 3.51. The minimum atomic E-state index is -4.59. The number of halogens is 3. The number of alkyl halides is 3. The van der Waals surface area contributed by atoms with E-state index in [1.54, 1.807) is 24.4 Å². The third kappa shape index (κ3) is 5.29. The number of rotatable bonds is 5. The Hall–Kier alpha value is -2.80. The predicted octanol–water partition coefficient (Wildman–Crippen LogP) is 6.16. The summed E-state index contributed by atoms with van der Waals surface area (Å²) in [6, 6.07) is 10.3. The van der Waals surface area contributed by atoms with Gasteiger partial charge in [-0.15, -0.1) is 11.3 Å². The lowest BCUT2D eigenvalue weighted by Crippen LogP contribution is -2.39. The first kappa shape index (κ1) is 27.4. The summed E-state index contributed by atoms with van der Waals surface area (Å²) in [4.78, 5) is 11.0. The summed E-state index contributed by atoms with van der Waals surface area (Å²) in [5.74, 6) is 0.236. The predicted molar refractivity (Wildman–Crippen MR) is 147 cm³/mol. The lowest BCUT2D eigenvalue weighted by Gasteiger charge is -2.36. The minimum Gasteiger partial charge on any atom is -0.380 e. The molecule has 0 bridgehead atoms. The highest BCUT2D eigenvalue weighted by molar-refractivity contribution is 7.90. The summed E-state index contributed by atoms with van der Waals surface area (Å²) in [6.07, 6.45) is 3.52. The molecule has 0 radical (unpaired) electrons. The lowest BCUT2D eigenvalue weighted by atomic mass is 9.81. The van der Waals surface area contributed by atoms with Crippen LogP contribution in [0.15, 0.2) is 59.1 Å². The van der Waals surface area contributed by atoms with Gasteiger partial charge in [0.25, 0.3) is 10.0 Å². The van der Waals surface area contributed by atoms with Crippen LogP contribution in [0.5, 0.6) is 0 Å². The third-order valence-corrected chi connectivity index (χ3v) is 10.4. The molecule has 4 heterocycles. The number of fused-ring (bicyclic) bond motifs is 1. The highest BCUT2D eigenvalue weighted by Gasteiger charge is 2.35. The molecular formula is C28H29F3N4O3S2. The van der Waals surface area contributed by atoms with E-state index in [4.69, 9.17) is 4.74 Å². The Bertz CT molecular complexity index is 1590. The number of pyridine rings is 1. The van der Waals surface area contributed by atoms with Crippen LogP contribution in [-0.4, -0.2) is 59.6 Å². The maximum absolute atomic E-state index is 13.6. The van der Waals surface area contributed by atoms with Crippen molar-refractivity contribution in [3.05, 3.63) is 65.4 Å². The molecule has 1 saturated carbocycles. The van der Waals surface area contributed by atoms with E-state index in [2.05, 4.69) is 14.9 Å². The fourth-order valence-corrected chi connectivity index (χ4v) is 8.01. The van der Waals surface area contributed by atoms with Crippen LogP contribution in [0, 0.1) is 0 Å². The Balaban J connectivity index is 1.37. The molecule has 4 aromatic rings. The summed E-state index contributed by atoms with van der Waals surface area (Å²) in [7, 11) is -4.04. The Morgan fingerprint density at radius 1 is 1.02 bits per heavy atom. The van der Waals surface area contributed by atoms with Crippen molar-refractivity contribution in [2.45, 2.75) is 55.1 Å². The molecule has 1 aliphatic carbocycles. The molecule has 1 aliphatic heterocycles. The summed E-state index contributed by atoms with van der Waals surface area (Å²) in [5.41, 5.74) is 0.460. The van der Waals surface area contributed by atoms with Gasteiger partial charge in [0.15, 0.2) is 11.3 Å². The molecule has 1 saturated heterocycles. The maximum atomic E-state index is 13.6. The topological polar surface area (TPSA) is 77.3 Å². The molecule has 2 aliphatic rings. The smallest absolute Gasteiger partial charge is 0.380 e. The van der Waals surface area contributed by atoms with E-state index in [1.165, 1.54) is 18.3 Å². The number of hydrogen-bond acceptors (Lipinski definition) is 7. The van der Waals surface area contributed by atoms with E-state index in [9.17, 15) is 21.6 Å². The van der Waals surface area contributed by atoms with Crippen molar-refractivity contribution in [1.29, 1.82) is 0 Å². The molecule has 0 atom stereocenters. The summed E-state index contributed by atoms with van der Waals surface area (Å²) in [6.45, 7) is 3.56. The molecule has 2 fully saturated rings. The molecule has 0 spiro atoms. The molecule has 40 heavy (non-hydrogen) atoms. The largest absolute Gasteiger partial charge is 0.434 e. The van der Waals surface area contributed by atoms with Crippen LogP contribution < -0.4 is 0 Å². The first-order valence-corrected chi connectivity index (χ1v) is 15.7. The van der Waals surface area contributed by atoms with Gasteiger partial charge >= 0.3 is 6.18 Å². The second kappa shape index (κ2) is 10.9. The van der Waals surface area contributed by atoms with Crippen molar-refractivity contribution >= 4 is 32.4 Å². The van der Waals surface area contributed by atoms with E-state index in [-0.39, 0.29) is 21.5 Å². The number of thiazole rings is 1. The van der Waals surface area contributed by atoms with Crippen LogP contribution in [-0.2, 0) is 20.9 Å². The van der Waals surface area contributed by atoms with Gasteiger partial charge in [-0.05, 0) is 61.8 Å². The summed E-state index contributed by atoms with van der Waals surface area (Å²) < 4.78 is 73.9.